The zero-order valence-corrected chi connectivity index (χ0v) is 16.7. The fraction of sp³-hybridized carbons (Fsp3) is 0.304. The molecule has 0 N–H and O–H groups in total. The van der Waals surface area contributed by atoms with E-state index in [0.717, 1.165) is 17.7 Å². The van der Waals surface area contributed by atoms with Gasteiger partial charge in [0, 0.05) is 12.1 Å². The van der Waals surface area contributed by atoms with Gasteiger partial charge < -0.3 is 14.1 Å². The van der Waals surface area contributed by atoms with Crippen LogP contribution in [-0.4, -0.2) is 29.4 Å². The highest BCUT2D eigenvalue weighted by atomic mass is 19.1. The maximum atomic E-state index is 13.1. The van der Waals surface area contributed by atoms with Gasteiger partial charge in [-0.15, -0.1) is 0 Å². The number of methoxy groups -OCH3 is 1. The van der Waals surface area contributed by atoms with E-state index in [0.29, 0.717) is 29.5 Å². The Labute approximate surface area is 169 Å². The van der Waals surface area contributed by atoms with Gasteiger partial charge in [0.25, 0.3) is 0 Å². The zero-order chi connectivity index (χ0) is 20.5. The lowest BCUT2D eigenvalue weighted by Crippen LogP contribution is -2.39. The van der Waals surface area contributed by atoms with Crippen LogP contribution in [0, 0.1) is 12.7 Å². The van der Waals surface area contributed by atoms with Crippen molar-refractivity contribution >= 4 is 5.91 Å². The lowest BCUT2D eigenvalue weighted by molar-refractivity contribution is -0.133. The highest BCUT2D eigenvalue weighted by Crippen LogP contribution is 2.32. The molecule has 29 heavy (non-hydrogen) atoms. The number of benzene rings is 2. The topological polar surface area (TPSA) is 55.6 Å². The molecule has 0 fully saturated rings. The fourth-order valence-corrected chi connectivity index (χ4v) is 3.83. The van der Waals surface area contributed by atoms with E-state index in [9.17, 15) is 9.18 Å². The molecule has 4 rings (SSSR count). The van der Waals surface area contributed by atoms with Crippen molar-refractivity contribution in [3.05, 3.63) is 70.9 Å². The fourth-order valence-electron chi connectivity index (χ4n) is 3.83. The molecule has 1 unspecified atom stereocenters. The van der Waals surface area contributed by atoms with Crippen molar-refractivity contribution in [2.75, 3.05) is 13.7 Å². The Balaban J connectivity index is 1.51. The molecule has 6 heteroatoms. The summed E-state index contributed by atoms with van der Waals surface area (Å²) in [6, 6.07) is 12.0. The molecule has 150 valence electrons. The van der Waals surface area contributed by atoms with Crippen LogP contribution in [0.15, 0.2) is 46.9 Å². The van der Waals surface area contributed by atoms with Crippen molar-refractivity contribution in [1.82, 2.24) is 9.88 Å². The highest BCUT2D eigenvalue weighted by Gasteiger charge is 2.29. The van der Waals surface area contributed by atoms with Crippen molar-refractivity contribution in [3.8, 4) is 17.2 Å². The minimum absolute atomic E-state index is 0.0130. The number of rotatable bonds is 4. The third-order valence-electron chi connectivity index (χ3n) is 5.51. The lowest BCUT2D eigenvalue weighted by atomic mass is 9.93. The van der Waals surface area contributed by atoms with Gasteiger partial charge in [-0.2, -0.15) is 0 Å². The van der Waals surface area contributed by atoms with E-state index in [1.807, 2.05) is 30.0 Å². The average Bonchev–Trinajstić information content (AvgIpc) is 3.08. The number of nitrogens with zero attached hydrogens (tertiary/aromatic N) is 2. The second kappa shape index (κ2) is 7.70. The van der Waals surface area contributed by atoms with Gasteiger partial charge in [0.05, 0.1) is 25.3 Å². The van der Waals surface area contributed by atoms with Crippen LogP contribution in [0.25, 0.3) is 11.5 Å². The Bertz CT molecular complexity index is 1040. The molecule has 3 aromatic rings. The number of oxazole rings is 1. The van der Waals surface area contributed by atoms with Crippen molar-refractivity contribution < 1.29 is 18.3 Å². The van der Waals surface area contributed by atoms with Gasteiger partial charge >= 0.3 is 0 Å². The molecule has 5 nitrogen and oxygen atoms in total. The van der Waals surface area contributed by atoms with Crippen LogP contribution >= 0.6 is 0 Å². The van der Waals surface area contributed by atoms with E-state index < -0.39 is 0 Å². The number of fused-ring (bicyclic) bond motifs is 1. The molecule has 2 aromatic carbocycles. The van der Waals surface area contributed by atoms with Crippen molar-refractivity contribution in [1.29, 1.82) is 0 Å². The van der Waals surface area contributed by atoms with E-state index in [-0.39, 0.29) is 24.2 Å². The molecule has 2 heterocycles. The molecule has 0 saturated carbocycles. The Kier molecular flexibility index (Phi) is 5.09. The van der Waals surface area contributed by atoms with E-state index in [1.54, 1.807) is 26.2 Å². The van der Waals surface area contributed by atoms with Crippen LogP contribution in [0.4, 0.5) is 4.39 Å². The predicted molar refractivity (Wildman–Crippen MR) is 107 cm³/mol. The van der Waals surface area contributed by atoms with Crippen LogP contribution < -0.4 is 4.74 Å². The summed E-state index contributed by atoms with van der Waals surface area (Å²) in [4.78, 5) is 19.4. The Hall–Kier alpha value is -3.15. The normalized spacial score (nSPS) is 15.9. The monoisotopic (exact) mass is 394 g/mol. The molecular weight excluding hydrogens is 371 g/mol. The Morgan fingerprint density at radius 1 is 1.28 bits per heavy atom. The first-order chi connectivity index (χ1) is 14.0. The Morgan fingerprint density at radius 3 is 2.76 bits per heavy atom. The predicted octanol–water partition coefficient (Wildman–Crippen LogP) is 4.49. The smallest absolute Gasteiger partial charge is 0.229 e. The molecule has 1 amide bonds. The van der Waals surface area contributed by atoms with Crippen LogP contribution in [0.2, 0.25) is 0 Å². The summed E-state index contributed by atoms with van der Waals surface area (Å²) in [6.45, 7) is 4.49. The molecule has 0 spiro atoms. The minimum atomic E-state index is -0.315. The first kappa shape index (κ1) is 19.2. The number of carbonyl (C=O) groups is 1. The number of amides is 1. The molecule has 0 bridgehead atoms. The molecule has 0 saturated heterocycles. The van der Waals surface area contributed by atoms with Crippen LogP contribution in [0.1, 0.15) is 35.5 Å². The third-order valence-corrected chi connectivity index (χ3v) is 5.51. The molecule has 0 radical (unpaired) electrons. The molecule has 0 aliphatic carbocycles. The van der Waals surface area contributed by atoms with Gasteiger partial charge in [0.15, 0.2) is 0 Å². The summed E-state index contributed by atoms with van der Waals surface area (Å²) >= 11 is 0. The standard InChI is InChI=1S/C23H23FN2O3/c1-14-20-9-8-19(28-3)12-17(20)10-11-26(14)22(27)13-21-15(2)29-23(25-21)16-4-6-18(24)7-5-16/h4-9,12,14H,10-11,13H2,1-3H3. The number of aromatic nitrogens is 1. The van der Waals surface area contributed by atoms with E-state index in [1.165, 1.54) is 17.7 Å². The van der Waals surface area contributed by atoms with E-state index >= 15 is 0 Å². The SMILES string of the molecule is COc1ccc2c(c1)CCN(C(=O)Cc1nc(-c3ccc(F)cc3)oc1C)C2C. The van der Waals surface area contributed by atoms with E-state index in [4.69, 9.17) is 9.15 Å². The summed E-state index contributed by atoms with van der Waals surface area (Å²) in [5, 5.41) is 0. The van der Waals surface area contributed by atoms with Crippen molar-refractivity contribution in [2.24, 2.45) is 0 Å². The first-order valence-electron chi connectivity index (χ1n) is 9.65. The third kappa shape index (κ3) is 3.75. The molecule has 1 aliphatic heterocycles. The quantitative estimate of drug-likeness (QED) is 0.654. The van der Waals surface area contributed by atoms with Crippen LogP contribution in [0.5, 0.6) is 5.75 Å². The zero-order valence-electron chi connectivity index (χ0n) is 16.7. The number of hydrogen-bond acceptors (Lipinski definition) is 4. The molecular formula is C23H23FN2O3. The highest BCUT2D eigenvalue weighted by molar-refractivity contribution is 5.79. The lowest BCUT2D eigenvalue weighted by Gasteiger charge is -2.35. The minimum Gasteiger partial charge on any atom is -0.497 e. The van der Waals surface area contributed by atoms with Crippen molar-refractivity contribution in [2.45, 2.75) is 32.7 Å². The number of hydrogen-bond donors (Lipinski definition) is 0. The second-order valence-corrected chi connectivity index (χ2v) is 7.28. The number of aryl methyl sites for hydroxylation is 1. The second-order valence-electron chi connectivity index (χ2n) is 7.28. The average molecular weight is 394 g/mol. The first-order valence-corrected chi connectivity index (χ1v) is 9.65. The van der Waals surface area contributed by atoms with Gasteiger partial charge in [-0.05, 0) is 67.8 Å². The van der Waals surface area contributed by atoms with Gasteiger partial charge in [0.2, 0.25) is 11.8 Å². The van der Waals surface area contributed by atoms with E-state index in [2.05, 4.69) is 4.98 Å². The Morgan fingerprint density at radius 2 is 2.03 bits per heavy atom. The van der Waals surface area contributed by atoms with Crippen LogP contribution in [-0.2, 0) is 17.6 Å². The maximum absolute atomic E-state index is 13.1. The summed E-state index contributed by atoms with van der Waals surface area (Å²) in [7, 11) is 1.66. The van der Waals surface area contributed by atoms with Gasteiger partial charge in [-0.1, -0.05) is 6.07 Å². The summed E-state index contributed by atoms with van der Waals surface area (Å²) in [5.74, 6) is 1.54. The molecule has 1 aromatic heterocycles. The molecule has 1 atom stereocenters. The van der Waals surface area contributed by atoms with Crippen molar-refractivity contribution in [3.63, 3.8) is 0 Å². The number of halogens is 1. The van der Waals surface area contributed by atoms with Crippen LogP contribution in [0.3, 0.4) is 0 Å². The summed E-state index contributed by atoms with van der Waals surface area (Å²) in [6.07, 6.45) is 0.966. The number of ether oxygens (including phenoxy) is 1. The van der Waals surface area contributed by atoms with Gasteiger partial charge in [-0.3, -0.25) is 4.79 Å². The number of carbonyl (C=O) groups excluding carboxylic acids is 1. The summed E-state index contributed by atoms with van der Waals surface area (Å²) < 4.78 is 24.2. The molecule has 1 aliphatic rings. The summed E-state index contributed by atoms with van der Waals surface area (Å²) in [5.41, 5.74) is 3.66. The van der Waals surface area contributed by atoms with Gasteiger partial charge in [0.1, 0.15) is 17.3 Å². The largest absolute Gasteiger partial charge is 0.497 e. The van der Waals surface area contributed by atoms with Gasteiger partial charge in [-0.25, -0.2) is 9.37 Å². The maximum Gasteiger partial charge on any atom is 0.229 e.